The molecule has 19 heavy (non-hydrogen) atoms. The molecule has 0 amide bonds. The molecule has 2 unspecified atom stereocenters. The molecule has 1 aliphatic carbocycles. The number of carbonyl (C=O) groups excluding carboxylic acids is 1. The Morgan fingerprint density at radius 3 is 2.47 bits per heavy atom. The zero-order valence-corrected chi connectivity index (χ0v) is 11.8. The first-order chi connectivity index (χ1) is 8.85. The SMILES string of the molecule is CC1CC(OC(=O)c2ccc(F)cc2)CC(C)(C)C1. The van der Waals surface area contributed by atoms with Crippen molar-refractivity contribution in [1.82, 2.24) is 0 Å². The van der Waals surface area contributed by atoms with Crippen LogP contribution in [-0.4, -0.2) is 12.1 Å². The molecular formula is C16H21FO2. The van der Waals surface area contributed by atoms with Crippen LogP contribution in [0.15, 0.2) is 24.3 Å². The van der Waals surface area contributed by atoms with Gasteiger partial charge in [0.25, 0.3) is 0 Å². The summed E-state index contributed by atoms with van der Waals surface area (Å²) in [6.45, 7) is 6.61. The highest BCUT2D eigenvalue weighted by Gasteiger charge is 2.34. The molecule has 2 rings (SSSR count). The summed E-state index contributed by atoms with van der Waals surface area (Å²) < 4.78 is 18.4. The van der Waals surface area contributed by atoms with Crippen LogP contribution in [0.25, 0.3) is 0 Å². The summed E-state index contributed by atoms with van der Waals surface area (Å²) in [5.41, 5.74) is 0.628. The van der Waals surface area contributed by atoms with E-state index in [4.69, 9.17) is 4.74 Å². The van der Waals surface area contributed by atoms with Crippen LogP contribution in [0.2, 0.25) is 0 Å². The predicted molar refractivity (Wildman–Crippen MR) is 72.4 cm³/mol. The number of ether oxygens (including phenoxy) is 1. The molecule has 3 heteroatoms. The Morgan fingerprint density at radius 2 is 1.89 bits per heavy atom. The molecule has 0 aliphatic heterocycles. The Hall–Kier alpha value is -1.38. The van der Waals surface area contributed by atoms with Crippen molar-refractivity contribution in [3.05, 3.63) is 35.6 Å². The fraction of sp³-hybridized carbons (Fsp3) is 0.562. The van der Waals surface area contributed by atoms with Crippen LogP contribution < -0.4 is 0 Å². The molecule has 0 aromatic heterocycles. The van der Waals surface area contributed by atoms with E-state index in [0.29, 0.717) is 11.5 Å². The minimum Gasteiger partial charge on any atom is -0.459 e. The summed E-state index contributed by atoms with van der Waals surface area (Å²) in [4.78, 5) is 12.0. The number of halogens is 1. The molecule has 0 radical (unpaired) electrons. The summed E-state index contributed by atoms with van der Waals surface area (Å²) in [6, 6.07) is 5.50. The van der Waals surface area contributed by atoms with Gasteiger partial charge >= 0.3 is 5.97 Å². The highest BCUT2D eigenvalue weighted by Crippen LogP contribution is 2.39. The van der Waals surface area contributed by atoms with E-state index in [0.717, 1.165) is 19.3 Å². The third-order valence-corrected chi connectivity index (χ3v) is 3.70. The Balaban J connectivity index is 2.00. The summed E-state index contributed by atoms with van der Waals surface area (Å²) in [7, 11) is 0. The molecular weight excluding hydrogens is 243 g/mol. The molecule has 1 aromatic rings. The van der Waals surface area contributed by atoms with Gasteiger partial charge in [-0.05, 0) is 54.9 Å². The number of rotatable bonds is 2. The van der Waals surface area contributed by atoms with Gasteiger partial charge in [0.05, 0.1) is 5.56 Å². The number of benzene rings is 1. The van der Waals surface area contributed by atoms with Crippen LogP contribution in [0.5, 0.6) is 0 Å². The van der Waals surface area contributed by atoms with E-state index in [1.165, 1.54) is 24.3 Å². The van der Waals surface area contributed by atoms with E-state index in [1.54, 1.807) is 0 Å². The summed E-state index contributed by atoms with van der Waals surface area (Å²) in [6.07, 6.45) is 2.94. The quantitative estimate of drug-likeness (QED) is 0.748. The smallest absolute Gasteiger partial charge is 0.338 e. The van der Waals surface area contributed by atoms with Crippen molar-refractivity contribution in [3.63, 3.8) is 0 Å². The highest BCUT2D eigenvalue weighted by molar-refractivity contribution is 5.89. The largest absolute Gasteiger partial charge is 0.459 e. The lowest BCUT2D eigenvalue weighted by Gasteiger charge is -2.38. The molecule has 104 valence electrons. The third-order valence-electron chi connectivity index (χ3n) is 3.70. The lowest BCUT2D eigenvalue weighted by atomic mass is 9.71. The first kappa shape index (κ1) is 14.0. The topological polar surface area (TPSA) is 26.3 Å². The molecule has 0 spiro atoms. The lowest BCUT2D eigenvalue weighted by Crippen LogP contribution is -2.33. The molecule has 0 heterocycles. The molecule has 2 nitrogen and oxygen atoms in total. The Morgan fingerprint density at radius 1 is 1.26 bits per heavy atom. The molecule has 0 N–H and O–H groups in total. The van der Waals surface area contributed by atoms with Crippen molar-refractivity contribution in [2.24, 2.45) is 11.3 Å². The maximum Gasteiger partial charge on any atom is 0.338 e. The average Bonchev–Trinajstić information content (AvgIpc) is 2.26. The molecule has 2 atom stereocenters. The molecule has 0 bridgehead atoms. The van der Waals surface area contributed by atoms with Gasteiger partial charge in [-0.25, -0.2) is 9.18 Å². The van der Waals surface area contributed by atoms with Crippen LogP contribution in [0.4, 0.5) is 4.39 Å². The second kappa shape index (κ2) is 5.32. The normalized spacial score (nSPS) is 25.9. The molecule has 1 aromatic carbocycles. The van der Waals surface area contributed by atoms with Gasteiger partial charge < -0.3 is 4.74 Å². The Labute approximate surface area is 114 Å². The third kappa shape index (κ3) is 3.79. The van der Waals surface area contributed by atoms with E-state index in [9.17, 15) is 9.18 Å². The van der Waals surface area contributed by atoms with Crippen LogP contribution in [0.1, 0.15) is 50.4 Å². The minimum atomic E-state index is -0.352. The van der Waals surface area contributed by atoms with E-state index in [1.807, 2.05) is 0 Å². The first-order valence-corrected chi connectivity index (χ1v) is 6.82. The summed E-state index contributed by atoms with van der Waals surface area (Å²) >= 11 is 0. The zero-order chi connectivity index (χ0) is 14.0. The molecule has 1 fully saturated rings. The number of hydrogen-bond donors (Lipinski definition) is 0. The van der Waals surface area contributed by atoms with Crippen molar-refractivity contribution >= 4 is 5.97 Å². The highest BCUT2D eigenvalue weighted by atomic mass is 19.1. The Bertz CT molecular complexity index is 450. The van der Waals surface area contributed by atoms with Crippen molar-refractivity contribution in [2.75, 3.05) is 0 Å². The summed E-state index contributed by atoms with van der Waals surface area (Å²) in [5.74, 6) is -0.131. The minimum absolute atomic E-state index is 0.0312. The van der Waals surface area contributed by atoms with Gasteiger partial charge in [-0.3, -0.25) is 0 Å². The fourth-order valence-electron chi connectivity index (χ4n) is 3.15. The molecule has 1 saturated carbocycles. The van der Waals surface area contributed by atoms with Crippen molar-refractivity contribution in [1.29, 1.82) is 0 Å². The van der Waals surface area contributed by atoms with Crippen LogP contribution >= 0.6 is 0 Å². The van der Waals surface area contributed by atoms with Gasteiger partial charge in [-0.1, -0.05) is 20.8 Å². The van der Waals surface area contributed by atoms with Crippen LogP contribution in [0, 0.1) is 17.2 Å². The molecule has 1 aliphatic rings. The maximum atomic E-state index is 12.8. The second-order valence-corrected chi connectivity index (χ2v) is 6.45. The van der Waals surface area contributed by atoms with E-state index < -0.39 is 0 Å². The maximum absolute atomic E-state index is 12.8. The number of carbonyl (C=O) groups is 1. The van der Waals surface area contributed by atoms with Crippen LogP contribution in [-0.2, 0) is 4.74 Å². The van der Waals surface area contributed by atoms with Gasteiger partial charge in [0.1, 0.15) is 11.9 Å². The van der Waals surface area contributed by atoms with E-state index in [2.05, 4.69) is 20.8 Å². The summed E-state index contributed by atoms with van der Waals surface area (Å²) in [5, 5.41) is 0. The second-order valence-electron chi connectivity index (χ2n) is 6.45. The number of hydrogen-bond acceptors (Lipinski definition) is 2. The van der Waals surface area contributed by atoms with E-state index >= 15 is 0 Å². The number of esters is 1. The van der Waals surface area contributed by atoms with Gasteiger partial charge in [-0.2, -0.15) is 0 Å². The lowest BCUT2D eigenvalue weighted by molar-refractivity contribution is -0.00714. The van der Waals surface area contributed by atoms with Crippen molar-refractivity contribution in [2.45, 2.75) is 46.1 Å². The van der Waals surface area contributed by atoms with Crippen molar-refractivity contribution in [3.8, 4) is 0 Å². The standard InChI is InChI=1S/C16H21FO2/c1-11-8-14(10-16(2,3)9-11)19-15(18)12-4-6-13(17)7-5-12/h4-7,11,14H,8-10H2,1-3H3. The van der Waals surface area contributed by atoms with Crippen molar-refractivity contribution < 1.29 is 13.9 Å². The predicted octanol–water partition coefficient (Wildman–Crippen LogP) is 4.20. The van der Waals surface area contributed by atoms with Gasteiger partial charge in [0, 0.05) is 0 Å². The van der Waals surface area contributed by atoms with Gasteiger partial charge in [0.15, 0.2) is 0 Å². The van der Waals surface area contributed by atoms with Gasteiger partial charge in [0.2, 0.25) is 0 Å². The zero-order valence-electron chi connectivity index (χ0n) is 11.8. The first-order valence-electron chi connectivity index (χ1n) is 6.82. The monoisotopic (exact) mass is 264 g/mol. The molecule has 0 saturated heterocycles. The van der Waals surface area contributed by atoms with E-state index in [-0.39, 0.29) is 23.3 Å². The Kier molecular flexibility index (Phi) is 3.93. The van der Waals surface area contributed by atoms with Crippen LogP contribution in [0.3, 0.4) is 0 Å². The fourth-order valence-corrected chi connectivity index (χ4v) is 3.15. The average molecular weight is 264 g/mol. The van der Waals surface area contributed by atoms with Gasteiger partial charge in [-0.15, -0.1) is 0 Å².